The average Bonchev–Trinajstić information content (AvgIpc) is 3.15. The molecule has 0 unspecified atom stereocenters. The lowest BCUT2D eigenvalue weighted by Gasteiger charge is -2.29. The number of ether oxygens (including phenoxy) is 2. The van der Waals surface area contributed by atoms with Gasteiger partial charge in [0.25, 0.3) is 0 Å². The van der Waals surface area contributed by atoms with Crippen molar-refractivity contribution in [2.45, 2.75) is 97.7 Å². The molecule has 0 aliphatic carbocycles. The Hall–Kier alpha value is -2.59. The monoisotopic (exact) mass is 514 g/mol. The third-order valence-electron chi connectivity index (χ3n) is 6.29. The van der Waals surface area contributed by atoms with Gasteiger partial charge < -0.3 is 29.6 Å². The van der Waals surface area contributed by atoms with Gasteiger partial charge in [-0.2, -0.15) is 0 Å². The normalized spacial score (nSPS) is 13.0. The lowest BCUT2D eigenvalue weighted by molar-refractivity contribution is -0.118. The summed E-state index contributed by atoms with van der Waals surface area (Å²) in [5.74, 6) is 0.536. The molecule has 3 aromatic rings. The summed E-state index contributed by atoms with van der Waals surface area (Å²) >= 11 is 0. The summed E-state index contributed by atoms with van der Waals surface area (Å²) in [6.45, 7) is 14.5. The quantitative estimate of drug-likeness (QED) is 0.306. The maximum absolute atomic E-state index is 13.0. The van der Waals surface area contributed by atoms with Gasteiger partial charge in [-0.15, -0.1) is 0 Å². The molecule has 9 heteroatoms. The fraction of sp³-hybridized carbons (Fsp3) is 0.607. The first kappa shape index (κ1) is 29.0. The van der Waals surface area contributed by atoms with Gasteiger partial charge in [-0.3, -0.25) is 4.79 Å². The van der Waals surface area contributed by atoms with E-state index in [1.165, 1.54) is 0 Å². The van der Waals surface area contributed by atoms with Gasteiger partial charge in [-0.25, -0.2) is 9.97 Å². The van der Waals surface area contributed by atoms with E-state index in [1.807, 2.05) is 58.9 Å². The molecule has 2 aromatic heterocycles. The highest BCUT2D eigenvalue weighted by Gasteiger charge is 2.25. The lowest BCUT2D eigenvalue weighted by Crippen LogP contribution is -2.31. The molecule has 3 N–H and O–H groups in total. The molecular formula is C28H42N4O5. The van der Waals surface area contributed by atoms with Crippen LogP contribution < -0.4 is 5.32 Å². The number of hydrogen-bond acceptors (Lipinski definition) is 7. The van der Waals surface area contributed by atoms with Crippen LogP contribution in [0.4, 0.5) is 5.82 Å². The van der Waals surface area contributed by atoms with E-state index in [2.05, 4.69) is 15.3 Å². The highest BCUT2D eigenvalue weighted by molar-refractivity contribution is 6.09. The second-order valence-electron chi connectivity index (χ2n) is 11.4. The summed E-state index contributed by atoms with van der Waals surface area (Å²) in [7, 11) is 0. The van der Waals surface area contributed by atoms with E-state index >= 15 is 0 Å². The van der Waals surface area contributed by atoms with Gasteiger partial charge in [0.15, 0.2) is 5.82 Å². The van der Waals surface area contributed by atoms with Gasteiger partial charge in [0, 0.05) is 18.4 Å². The highest BCUT2D eigenvalue weighted by Crippen LogP contribution is 2.31. The van der Waals surface area contributed by atoms with Crippen molar-refractivity contribution in [1.29, 1.82) is 0 Å². The number of aromatic nitrogens is 3. The molecule has 0 saturated carbocycles. The number of para-hydroxylation sites is 1. The van der Waals surface area contributed by atoms with Gasteiger partial charge in [-0.05, 0) is 67.4 Å². The van der Waals surface area contributed by atoms with Crippen LogP contribution in [0.1, 0.15) is 73.6 Å². The molecule has 9 nitrogen and oxygen atoms in total. The van der Waals surface area contributed by atoms with Crippen molar-refractivity contribution in [3.8, 4) is 0 Å². The van der Waals surface area contributed by atoms with Gasteiger partial charge >= 0.3 is 0 Å². The van der Waals surface area contributed by atoms with Crippen molar-refractivity contribution < 1.29 is 24.5 Å². The van der Waals surface area contributed by atoms with E-state index < -0.39 is 11.2 Å². The molecule has 0 aliphatic rings. The number of amides is 1. The Labute approximate surface area is 219 Å². The zero-order chi connectivity index (χ0) is 27.4. The van der Waals surface area contributed by atoms with Crippen LogP contribution in [-0.2, 0) is 27.4 Å². The zero-order valence-electron chi connectivity index (χ0n) is 23.2. The van der Waals surface area contributed by atoms with E-state index in [9.17, 15) is 15.0 Å². The number of imidazole rings is 1. The standard InChI is InChI=1S/C28H42N4O5/c1-8-36-28(6,7)15-16-37-27(4,5)14-13-22(34)31-25-23-24(19-11-9-10-12-20(19)29-25)32(18-26(2,3)35)21(17-33)30-23/h9-12,33,35H,8,13-18H2,1-7H3,(H,29,31,34). The summed E-state index contributed by atoms with van der Waals surface area (Å²) < 4.78 is 13.6. The molecule has 1 amide bonds. The van der Waals surface area contributed by atoms with Crippen molar-refractivity contribution in [3.05, 3.63) is 30.1 Å². The third-order valence-corrected chi connectivity index (χ3v) is 6.29. The molecule has 0 bridgehead atoms. The van der Waals surface area contributed by atoms with Crippen LogP contribution in [-0.4, -0.2) is 60.7 Å². The van der Waals surface area contributed by atoms with E-state index in [1.54, 1.807) is 18.4 Å². The molecule has 0 fully saturated rings. The first-order chi connectivity index (χ1) is 17.3. The predicted molar refractivity (Wildman–Crippen MR) is 145 cm³/mol. The number of aliphatic hydroxyl groups excluding tert-OH is 1. The van der Waals surface area contributed by atoms with Crippen molar-refractivity contribution in [2.75, 3.05) is 18.5 Å². The Balaban J connectivity index is 1.80. The van der Waals surface area contributed by atoms with Crippen LogP contribution >= 0.6 is 0 Å². The van der Waals surface area contributed by atoms with Crippen LogP contribution in [0.3, 0.4) is 0 Å². The second kappa shape index (κ2) is 11.4. The highest BCUT2D eigenvalue weighted by atomic mass is 16.5. The average molecular weight is 515 g/mol. The van der Waals surface area contributed by atoms with Crippen molar-refractivity contribution >= 4 is 33.7 Å². The maximum atomic E-state index is 13.0. The molecular weight excluding hydrogens is 472 g/mol. The lowest BCUT2D eigenvalue weighted by atomic mass is 10.0. The Morgan fingerprint density at radius 2 is 1.70 bits per heavy atom. The number of nitrogens with zero attached hydrogens (tertiary/aromatic N) is 3. The molecule has 0 aliphatic heterocycles. The van der Waals surface area contributed by atoms with Crippen molar-refractivity contribution in [3.63, 3.8) is 0 Å². The molecule has 3 rings (SSSR count). The number of fused-ring (bicyclic) bond motifs is 3. The van der Waals surface area contributed by atoms with E-state index in [0.717, 1.165) is 11.8 Å². The third kappa shape index (κ3) is 7.70. The zero-order valence-corrected chi connectivity index (χ0v) is 23.2. The number of anilines is 1. The number of carbonyl (C=O) groups is 1. The van der Waals surface area contributed by atoms with Crippen LogP contribution in [0.25, 0.3) is 21.9 Å². The van der Waals surface area contributed by atoms with Gasteiger partial charge in [0.1, 0.15) is 17.9 Å². The van der Waals surface area contributed by atoms with Gasteiger partial charge in [0.05, 0.1) is 41.0 Å². The Morgan fingerprint density at radius 1 is 1.03 bits per heavy atom. The minimum Gasteiger partial charge on any atom is -0.389 e. The smallest absolute Gasteiger partial charge is 0.225 e. The number of hydrogen-bond donors (Lipinski definition) is 3. The number of aliphatic hydroxyl groups is 2. The summed E-state index contributed by atoms with van der Waals surface area (Å²) in [5.41, 5.74) is 0.116. The summed E-state index contributed by atoms with van der Waals surface area (Å²) in [6.07, 6.45) is 1.53. The number of carbonyl (C=O) groups excluding carboxylic acids is 1. The summed E-state index contributed by atoms with van der Waals surface area (Å²) in [5, 5.41) is 24.3. The minimum atomic E-state index is -1.03. The molecule has 204 valence electrons. The van der Waals surface area contributed by atoms with E-state index in [0.29, 0.717) is 47.8 Å². The number of nitrogens with one attached hydrogen (secondary N) is 1. The molecule has 0 saturated heterocycles. The van der Waals surface area contributed by atoms with Crippen LogP contribution in [0.2, 0.25) is 0 Å². The minimum absolute atomic E-state index is 0.196. The SMILES string of the molecule is CCOC(C)(C)CCOC(C)(C)CCC(=O)Nc1nc2ccccc2c2c1nc(CO)n2CC(C)(C)O. The Morgan fingerprint density at radius 3 is 2.35 bits per heavy atom. The topological polar surface area (TPSA) is 119 Å². The van der Waals surface area contributed by atoms with E-state index in [-0.39, 0.29) is 31.1 Å². The second-order valence-corrected chi connectivity index (χ2v) is 11.4. The van der Waals surface area contributed by atoms with Crippen LogP contribution in [0, 0.1) is 0 Å². The van der Waals surface area contributed by atoms with Crippen LogP contribution in [0.5, 0.6) is 0 Å². The Bertz CT molecular complexity index is 1230. The molecule has 0 spiro atoms. The van der Waals surface area contributed by atoms with Crippen molar-refractivity contribution in [2.24, 2.45) is 0 Å². The van der Waals surface area contributed by atoms with E-state index in [4.69, 9.17) is 9.47 Å². The molecule has 37 heavy (non-hydrogen) atoms. The fourth-order valence-corrected chi connectivity index (χ4v) is 4.36. The fourth-order valence-electron chi connectivity index (χ4n) is 4.36. The van der Waals surface area contributed by atoms with Crippen LogP contribution in [0.15, 0.2) is 24.3 Å². The first-order valence-corrected chi connectivity index (χ1v) is 12.9. The number of benzene rings is 1. The predicted octanol–water partition coefficient (Wildman–Crippen LogP) is 4.57. The first-order valence-electron chi connectivity index (χ1n) is 12.9. The van der Waals surface area contributed by atoms with Gasteiger partial charge in [0.2, 0.25) is 5.91 Å². The largest absolute Gasteiger partial charge is 0.389 e. The maximum Gasteiger partial charge on any atom is 0.225 e. The van der Waals surface area contributed by atoms with Gasteiger partial charge in [-0.1, -0.05) is 18.2 Å². The molecule has 0 radical (unpaired) electrons. The molecule has 1 aromatic carbocycles. The van der Waals surface area contributed by atoms with Crippen molar-refractivity contribution in [1.82, 2.24) is 14.5 Å². The summed E-state index contributed by atoms with van der Waals surface area (Å²) in [6, 6.07) is 7.57. The number of pyridine rings is 1. The molecule has 2 heterocycles. The summed E-state index contributed by atoms with van der Waals surface area (Å²) in [4.78, 5) is 22.3. The Kier molecular flexibility index (Phi) is 8.95. The molecule has 0 atom stereocenters. The number of rotatable bonds is 13.